The summed E-state index contributed by atoms with van der Waals surface area (Å²) in [5.74, 6) is 0.405. The molecule has 0 heterocycles. The van der Waals surface area contributed by atoms with Gasteiger partial charge in [0.1, 0.15) is 0 Å². The van der Waals surface area contributed by atoms with E-state index in [0.717, 1.165) is 5.56 Å². The fourth-order valence-corrected chi connectivity index (χ4v) is 2.28. The summed E-state index contributed by atoms with van der Waals surface area (Å²) in [6.45, 7) is 3.34. The van der Waals surface area contributed by atoms with Crippen molar-refractivity contribution in [2.24, 2.45) is 0 Å². The Morgan fingerprint density at radius 2 is 1.71 bits per heavy atom. The first-order valence-corrected chi connectivity index (χ1v) is 6.45. The normalized spacial score (nSPS) is 12.0. The second kappa shape index (κ2) is 4.32. The molecule has 0 amide bonds. The summed E-state index contributed by atoms with van der Waals surface area (Å²) in [5, 5.41) is -0.385. The first-order valence-electron chi connectivity index (χ1n) is 4.37. The van der Waals surface area contributed by atoms with Crippen LogP contribution in [0, 0.1) is 0 Å². The predicted molar refractivity (Wildman–Crippen MR) is 58.3 cm³/mol. The van der Waals surface area contributed by atoms with E-state index in [0.29, 0.717) is 10.8 Å². The van der Waals surface area contributed by atoms with Gasteiger partial charge in [-0.25, -0.2) is 8.42 Å². The van der Waals surface area contributed by atoms with Crippen molar-refractivity contribution in [2.75, 3.05) is 0 Å². The molecule has 0 unspecified atom stereocenters. The zero-order valence-electron chi connectivity index (χ0n) is 8.20. The molecule has 1 rings (SSSR count). The lowest BCUT2D eigenvalue weighted by Crippen LogP contribution is -2.13. The van der Waals surface area contributed by atoms with Crippen molar-refractivity contribution in [3.63, 3.8) is 0 Å². The molecule has 0 bridgehead atoms. The van der Waals surface area contributed by atoms with Crippen molar-refractivity contribution in [2.45, 2.75) is 29.9 Å². The maximum atomic E-state index is 11.7. The molecule has 14 heavy (non-hydrogen) atoms. The van der Waals surface area contributed by atoms with Gasteiger partial charge in [-0.3, -0.25) is 0 Å². The molecule has 0 fully saturated rings. The van der Waals surface area contributed by atoms with Gasteiger partial charge in [0.15, 0.2) is 9.84 Å². The number of sulfone groups is 1. The third-order valence-corrected chi connectivity index (χ3v) is 4.51. The third kappa shape index (κ3) is 2.28. The van der Waals surface area contributed by atoms with Crippen LogP contribution < -0.4 is 0 Å². The Labute approximate surface area is 89.8 Å². The van der Waals surface area contributed by atoms with Gasteiger partial charge in [0.05, 0.1) is 10.1 Å². The highest BCUT2D eigenvalue weighted by molar-refractivity contribution is 7.92. The Morgan fingerprint density at radius 3 is 2.07 bits per heavy atom. The van der Waals surface area contributed by atoms with E-state index < -0.39 is 9.84 Å². The maximum Gasteiger partial charge on any atom is 0.180 e. The summed E-state index contributed by atoms with van der Waals surface area (Å²) in [7, 11) is -3.14. The molecule has 0 aliphatic rings. The average Bonchev–Trinajstić information content (AvgIpc) is 2.17. The molecule has 0 spiro atoms. The Bertz CT molecular complexity index is 393. The van der Waals surface area contributed by atoms with E-state index in [-0.39, 0.29) is 5.25 Å². The van der Waals surface area contributed by atoms with Gasteiger partial charge >= 0.3 is 0 Å². The van der Waals surface area contributed by atoms with E-state index in [4.69, 9.17) is 11.6 Å². The number of benzene rings is 1. The highest BCUT2D eigenvalue weighted by atomic mass is 35.5. The number of hydrogen-bond acceptors (Lipinski definition) is 2. The first-order chi connectivity index (χ1) is 6.48. The lowest BCUT2D eigenvalue weighted by molar-refractivity contribution is 0.587. The van der Waals surface area contributed by atoms with Gasteiger partial charge < -0.3 is 0 Å². The molecule has 0 atom stereocenters. The van der Waals surface area contributed by atoms with Crippen LogP contribution in [0.25, 0.3) is 0 Å². The minimum Gasteiger partial charge on any atom is -0.223 e. The van der Waals surface area contributed by atoms with Crippen LogP contribution >= 0.6 is 11.6 Å². The van der Waals surface area contributed by atoms with Gasteiger partial charge in [-0.05, 0) is 31.5 Å². The van der Waals surface area contributed by atoms with Crippen molar-refractivity contribution in [1.82, 2.24) is 0 Å². The molecule has 78 valence electrons. The second-order valence-electron chi connectivity index (χ2n) is 3.37. The first kappa shape index (κ1) is 11.5. The molecule has 0 saturated heterocycles. The Kier molecular flexibility index (Phi) is 3.56. The molecule has 0 aliphatic carbocycles. The summed E-state index contributed by atoms with van der Waals surface area (Å²) in [5.41, 5.74) is 0.925. The minimum atomic E-state index is -3.14. The van der Waals surface area contributed by atoms with Gasteiger partial charge in [0.2, 0.25) is 0 Å². The second-order valence-corrected chi connectivity index (χ2v) is 6.14. The highest BCUT2D eigenvalue weighted by Crippen LogP contribution is 2.16. The fourth-order valence-electron chi connectivity index (χ4n) is 1.04. The van der Waals surface area contributed by atoms with Crippen molar-refractivity contribution < 1.29 is 8.42 Å². The molecule has 0 N–H and O–H groups in total. The molecule has 0 saturated carbocycles. The summed E-state index contributed by atoms with van der Waals surface area (Å²) in [6, 6.07) is 6.69. The van der Waals surface area contributed by atoms with Crippen LogP contribution in [0.5, 0.6) is 0 Å². The minimum absolute atomic E-state index is 0.362. The highest BCUT2D eigenvalue weighted by Gasteiger charge is 2.18. The number of rotatable bonds is 3. The van der Waals surface area contributed by atoms with Gasteiger partial charge in [0, 0.05) is 5.88 Å². The van der Waals surface area contributed by atoms with Gasteiger partial charge in [0.25, 0.3) is 0 Å². The Morgan fingerprint density at radius 1 is 1.21 bits per heavy atom. The molecule has 4 heteroatoms. The zero-order valence-corrected chi connectivity index (χ0v) is 9.77. The van der Waals surface area contributed by atoms with Crippen LogP contribution in [0.1, 0.15) is 19.4 Å². The van der Waals surface area contributed by atoms with Crippen LogP contribution in [0.3, 0.4) is 0 Å². The van der Waals surface area contributed by atoms with Crippen molar-refractivity contribution >= 4 is 21.4 Å². The number of hydrogen-bond donors (Lipinski definition) is 0. The van der Waals surface area contributed by atoms with Crippen LogP contribution in [0.4, 0.5) is 0 Å². The van der Waals surface area contributed by atoms with Crippen LogP contribution in [0.2, 0.25) is 0 Å². The summed E-state index contributed by atoms with van der Waals surface area (Å²) in [4.78, 5) is 0.362. The third-order valence-electron chi connectivity index (χ3n) is 2.03. The monoisotopic (exact) mass is 232 g/mol. The SMILES string of the molecule is CC(C)S(=O)(=O)c1ccc(CCl)cc1. The van der Waals surface area contributed by atoms with Crippen molar-refractivity contribution in [3.05, 3.63) is 29.8 Å². The van der Waals surface area contributed by atoms with Crippen LogP contribution in [-0.2, 0) is 15.7 Å². The van der Waals surface area contributed by atoms with Crippen molar-refractivity contribution in [3.8, 4) is 0 Å². The van der Waals surface area contributed by atoms with E-state index in [1.807, 2.05) is 0 Å². The Hall–Kier alpha value is -0.540. The van der Waals surface area contributed by atoms with E-state index >= 15 is 0 Å². The fraction of sp³-hybridized carbons (Fsp3) is 0.400. The summed E-state index contributed by atoms with van der Waals surface area (Å²) in [6.07, 6.45) is 0. The van der Waals surface area contributed by atoms with E-state index in [9.17, 15) is 8.42 Å². The number of alkyl halides is 1. The van der Waals surface area contributed by atoms with Gasteiger partial charge in [-0.15, -0.1) is 11.6 Å². The Balaban J connectivity index is 3.10. The smallest absolute Gasteiger partial charge is 0.180 e. The molecule has 1 aromatic carbocycles. The predicted octanol–water partition coefficient (Wildman–Crippen LogP) is 2.61. The molecule has 2 nitrogen and oxygen atoms in total. The van der Waals surface area contributed by atoms with Gasteiger partial charge in [-0.1, -0.05) is 12.1 Å². The summed E-state index contributed by atoms with van der Waals surface area (Å²) < 4.78 is 23.4. The summed E-state index contributed by atoms with van der Waals surface area (Å²) >= 11 is 5.61. The van der Waals surface area contributed by atoms with E-state index in [1.165, 1.54) is 0 Å². The van der Waals surface area contributed by atoms with Crippen LogP contribution in [-0.4, -0.2) is 13.7 Å². The average molecular weight is 233 g/mol. The quantitative estimate of drug-likeness (QED) is 0.751. The topological polar surface area (TPSA) is 34.1 Å². The molecule has 1 aromatic rings. The molecule has 0 radical (unpaired) electrons. The van der Waals surface area contributed by atoms with E-state index in [2.05, 4.69) is 0 Å². The maximum absolute atomic E-state index is 11.7. The molecular formula is C10H13ClO2S. The standard InChI is InChI=1S/C10H13ClO2S/c1-8(2)14(12,13)10-5-3-9(7-11)4-6-10/h3-6,8H,7H2,1-2H3. The van der Waals surface area contributed by atoms with Gasteiger partial charge in [-0.2, -0.15) is 0 Å². The molecule has 0 aliphatic heterocycles. The largest absolute Gasteiger partial charge is 0.223 e. The lowest BCUT2D eigenvalue weighted by Gasteiger charge is -2.07. The zero-order chi connectivity index (χ0) is 10.8. The van der Waals surface area contributed by atoms with E-state index in [1.54, 1.807) is 38.1 Å². The molecular weight excluding hydrogens is 220 g/mol. The number of halogens is 1. The van der Waals surface area contributed by atoms with Crippen LogP contribution in [0.15, 0.2) is 29.2 Å². The molecule has 0 aromatic heterocycles. The lowest BCUT2D eigenvalue weighted by atomic mass is 10.2. The van der Waals surface area contributed by atoms with Crippen molar-refractivity contribution in [1.29, 1.82) is 0 Å².